The van der Waals surface area contributed by atoms with Gasteiger partial charge in [-0.05, 0) is 0 Å². The molecule has 0 atom stereocenters. The molecular weight excluding hydrogens is 190 g/mol. The molecule has 4 N–H and O–H groups in total. The minimum Gasteiger partial charge on any atom is -2.00 e. The second-order valence-corrected chi connectivity index (χ2v) is 1.80. The molecule has 48 valence electrons. The molecule has 0 unspecified atom stereocenters. The Morgan fingerprint density at radius 1 is 0.778 bits per heavy atom. The molecule has 9 heavy (non-hydrogen) atoms. The third-order valence-electron chi connectivity index (χ3n) is 0. The molecule has 6 nitrogen and oxygen atoms in total. The summed E-state index contributed by atoms with van der Waals surface area (Å²) >= 11 is 0. The van der Waals surface area contributed by atoms with Gasteiger partial charge in [0.05, 0.1) is 0 Å². The van der Waals surface area contributed by atoms with Gasteiger partial charge in [-0.15, -0.1) is 0 Å². The van der Waals surface area contributed by atoms with Crippen molar-refractivity contribution in [2.75, 3.05) is 0 Å². The summed E-state index contributed by atoms with van der Waals surface area (Å²) in [4.78, 5) is 29.3. The first-order chi connectivity index (χ1) is 2.00. The first-order valence-corrected chi connectivity index (χ1v) is 2.68. The standard InChI is InChI=1S/Al.K.H4O4Si.2O/c;;1-5(2,3)4;;/h;;1-4H;;/q+3;+1;;2*-2. The van der Waals surface area contributed by atoms with E-state index in [2.05, 4.69) is 0 Å². The zero-order valence-electron chi connectivity index (χ0n) is 4.68. The van der Waals surface area contributed by atoms with Crippen molar-refractivity contribution in [1.29, 1.82) is 0 Å². The van der Waals surface area contributed by atoms with Crippen molar-refractivity contribution in [2.45, 2.75) is 0 Å². The van der Waals surface area contributed by atoms with Crippen LogP contribution in [-0.4, -0.2) is 45.6 Å². The van der Waals surface area contributed by atoms with Gasteiger partial charge in [0, 0.05) is 0 Å². The van der Waals surface area contributed by atoms with E-state index in [1.807, 2.05) is 0 Å². The maximum absolute atomic E-state index is 7.33. The van der Waals surface area contributed by atoms with E-state index in [0.29, 0.717) is 0 Å². The summed E-state index contributed by atoms with van der Waals surface area (Å²) in [6, 6.07) is 0. The van der Waals surface area contributed by atoms with Crippen molar-refractivity contribution in [1.82, 2.24) is 0 Å². The third-order valence-corrected chi connectivity index (χ3v) is 0. The number of rotatable bonds is 0. The Bertz CT molecular complexity index is 28.5. The SMILES string of the molecule is O[Si](O)(O)O.[Al+3].[K+].[O-2].[O-2]. The summed E-state index contributed by atoms with van der Waals surface area (Å²) < 4.78 is 0. The molecule has 0 aliphatic rings. The predicted octanol–water partition coefficient (Wildman–Crippen LogP) is -6.22. The van der Waals surface area contributed by atoms with E-state index in [-0.39, 0.29) is 79.7 Å². The van der Waals surface area contributed by atoms with Crippen LogP contribution in [0.15, 0.2) is 0 Å². The normalized spacial score (nSPS) is 6.67. The van der Waals surface area contributed by atoms with Crippen LogP contribution >= 0.6 is 0 Å². The van der Waals surface area contributed by atoms with Gasteiger partial charge < -0.3 is 30.1 Å². The zero-order chi connectivity index (χ0) is 4.50. The van der Waals surface area contributed by atoms with E-state index in [9.17, 15) is 0 Å². The van der Waals surface area contributed by atoms with Crippen LogP contribution in [-0.2, 0) is 11.0 Å². The van der Waals surface area contributed by atoms with Gasteiger partial charge >= 0.3 is 77.8 Å². The van der Waals surface area contributed by atoms with Gasteiger partial charge in [-0.2, -0.15) is 0 Å². The summed E-state index contributed by atoms with van der Waals surface area (Å²) in [6.07, 6.45) is 0. The first kappa shape index (κ1) is 30.4. The fourth-order valence-corrected chi connectivity index (χ4v) is 0. The molecule has 0 radical (unpaired) electrons. The van der Waals surface area contributed by atoms with Gasteiger partial charge in [0.25, 0.3) is 0 Å². The largest absolute Gasteiger partial charge is 3.00 e. The molecule has 0 aliphatic carbocycles. The van der Waals surface area contributed by atoms with E-state index in [1.165, 1.54) is 0 Å². The Kier molecular flexibility index (Phi) is 43.2. The average molecular weight is 194 g/mol. The topological polar surface area (TPSA) is 138 Å². The summed E-state index contributed by atoms with van der Waals surface area (Å²) in [5.41, 5.74) is 0. The van der Waals surface area contributed by atoms with Gasteiger partial charge in [-0.1, -0.05) is 0 Å². The van der Waals surface area contributed by atoms with Crippen molar-refractivity contribution >= 4 is 26.4 Å². The Hall–Kier alpha value is 2.15. The molecule has 0 saturated heterocycles. The molecule has 9 heteroatoms. The van der Waals surface area contributed by atoms with Gasteiger partial charge in [-0.25, -0.2) is 0 Å². The minimum atomic E-state index is -4.61. The Labute approximate surface area is 106 Å². The van der Waals surface area contributed by atoms with Crippen LogP contribution in [0.4, 0.5) is 0 Å². The second-order valence-electron chi connectivity index (χ2n) is 0.600. The van der Waals surface area contributed by atoms with Crippen LogP contribution < -0.4 is 51.4 Å². The van der Waals surface area contributed by atoms with E-state index in [4.69, 9.17) is 19.2 Å². The summed E-state index contributed by atoms with van der Waals surface area (Å²) in [7, 11) is -4.61. The van der Waals surface area contributed by atoms with Crippen LogP contribution in [0.3, 0.4) is 0 Å². The molecule has 0 spiro atoms. The van der Waals surface area contributed by atoms with Gasteiger partial charge in [0.2, 0.25) is 0 Å². The molecule has 0 aromatic heterocycles. The maximum atomic E-state index is 7.33. The van der Waals surface area contributed by atoms with Crippen LogP contribution in [0.2, 0.25) is 0 Å². The fourth-order valence-electron chi connectivity index (χ4n) is 0. The Balaban J connectivity index is -0.0000000133. The van der Waals surface area contributed by atoms with Crippen LogP contribution in [0.1, 0.15) is 0 Å². The molecule has 0 fully saturated rings. The van der Waals surface area contributed by atoms with Crippen molar-refractivity contribution < 1.29 is 81.5 Å². The van der Waals surface area contributed by atoms with E-state index < -0.39 is 9.05 Å². The average Bonchev–Trinajstić information content (AvgIpc) is 0.722. The molecule has 0 aromatic carbocycles. The van der Waals surface area contributed by atoms with Crippen molar-refractivity contribution in [3.63, 3.8) is 0 Å². The maximum Gasteiger partial charge on any atom is 3.00 e. The first-order valence-electron chi connectivity index (χ1n) is 0.894. The summed E-state index contributed by atoms with van der Waals surface area (Å²) in [6.45, 7) is 0. The number of hydrogen-bond donors (Lipinski definition) is 4. The van der Waals surface area contributed by atoms with Crippen LogP contribution in [0.5, 0.6) is 0 Å². The van der Waals surface area contributed by atoms with Gasteiger partial charge in [-0.3, -0.25) is 0 Å². The molecule has 0 saturated carbocycles. The van der Waals surface area contributed by atoms with Crippen molar-refractivity contribution in [3.8, 4) is 0 Å². The molecule has 0 amide bonds. The zero-order valence-corrected chi connectivity index (χ0v) is 9.96. The molecule has 0 aliphatic heterocycles. The molecular formula is H4AlKO6Si. The molecule has 0 rings (SSSR count). The quantitative estimate of drug-likeness (QED) is 0.285. The van der Waals surface area contributed by atoms with E-state index >= 15 is 0 Å². The molecule has 0 bridgehead atoms. The van der Waals surface area contributed by atoms with E-state index in [1.54, 1.807) is 0 Å². The van der Waals surface area contributed by atoms with E-state index in [0.717, 1.165) is 0 Å². The monoisotopic (exact) mass is 194 g/mol. The smallest absolute Gasteiger partial charge is 2.00 e. The Morgan fingerprint density at radius 2 is 0.778 bits per heavy atom. The number of hydrogen-bond acceptors (Lipinski definition) is 4. The van der Waals surface area contributed by atoms with Crippen LogP contribution in [0, 0.1) is 0 Å². The summed E-state index contributed by atoms with van der Waals surface area (Å²) in [5.74, 6) is 0. The van der Waals surface area contributed by atoms with Crippen LogP contribution in [0.25, 0.3) is 0 Å². The predicted molar refractivity (Wildman–Crippen MR) is 21.8 cm³/mol. The van der Waals surface area contributed by atoms with Gasteiger partial charge in [0.15, 0.2) is 0 Å². The van der Waals surface area contributed by atoms with Crippen molar-refractivity contribution in [3.05, 3.63) is 0 Å². The van der Waals surface area contributed by atoms with Gasteiger partial charge in [0.1, 0.15) is 0 Å². The molecule has 0 aromatic rings. The third kappa shape index (κ3) is 146. The second kappa shape index (κ2) is 12.8. The minimum absolute atomic E-state index is 0. The Morgan fingerprint density at radius 3 is 0.778 bits per heavy atom. The summed E-state index contributed by atoms with van der Waals surface area (Å²) in [5, 5.41) is 0. The molecule has 0 heterocycles. The fraction of sp³-hybridized carbons (Fsp3) is 0. The van der Waals surface area contributed by atoms with Crippen molar-refractivity contribution in [2.24, 2.45) is 0 Å².